The molecule has 3 aromatic rings. The van der Waals surface area contributed by atoms with E-state index in [2.05, 4.69) is 28.3 Å². The Kier molecular flexibility index (Phi) is 3.75. The third-order valence-corrected chi connectivity index (χ3v) is 4.00. The van der Waals surface area contributed by atoms with Gasteiger partial charge in [-0.1, -0.05) is 0 Å². The number of hydrogen-bond donors (Lipinski definition) is 1. The van der Waals surface area contributed by atoms with Crippen LogP contribution in [0.25, 0.3) is 10.2 Å². The summed E-state index contributed by atoms with van der Waals surface area (Å²) >= 11 is 1.69. The molecule has 0 spiro atoms. The van der Waals surface area contributed by atoms with E-state index in [4.69, 9.17) is 4.74 Å². The van der Waals surface area contributed by atoms with E-state index in [1.165, 1.54) is 4.88 Å². The fraction of sp³-hybridized carbons (Fsp3) is 0.250. The van der Waals surface area contributed by atoms with Crippen LogP contribution in [0.3, 0.4) is 0 Å². The van der Waals surface area contributed by atoms with Gasteiger partial charge < -0.3 is 10.1 Å². The van der Waals surface area contributed by atoms with Gasteiger partial charge in [0.15, 0.2) is 0 Å². The topological polar surface area (TPSA) is 47.0 Å². The SMILES string of the molecule is CCOc1ccc(Nc2nc(C)nc3sc(C)cc23)cc1. The molecule has 5 heteroatoms. The molecule has 1 aromatic carbocycles. The lowest BCUT2D eigenvalue weighted by Gasteiger charge is -2.09. The molecular formula is C16H17N3OS. The van der Waals surface area contributed by atoms with Crippen LogP contribution < -0.4 is 10.1 Å². The molecule has 108 valence electrons. The van der Waals surface area contributed by atoms with Crippen LogP contribution in [-0.2, 0) is 0 Å². The van der Waals surface area contributed by atoms with E-state index in [9.17, 15) is 0 Å². The molecule has 2 aromatic heterocycles. The van der Waals surface area contributed by atoms with Crippen LogP contribution in [0.2, 0.25) is 0 Å². The van der Waals surface area contributed by atoms with Crippen molar-refractivity contribution in [2.75, 3.05) is 11.9 Å². The van der Waals surface area contributed by atoms with E-state index >= 15 is 0 Å². The van der Waals surface area contributed by atoms with Crippen molar-refractivity contribution in [3.05, 3.63) is 41.0 Å². The monoisotopic (exact) mass is 299 g/mol. The molecule has 0 aliphatic carbocycles. The predicted octanol–water partition coefficient (Wildman–Crippen LogP) is 4.45. The second kappa shape index (κ2) is 5.69. The molecule has 2 heterocycles. The summed E-state index contributed by atoms with van der Waals surface area (Å²) in [7, 11) is 0. The van der Waals surface area contributed by atoms with Crippen LogP contribution in [0.4, 0.5) is 11.5 Å². The second-order valence-electron chi connectivity index (χ2n) is 4.78. The van der Waals surface area contributed by atoms with Crippen LogP contribution in [0, 0.1) is 13.8 Å². The van der Waals surface area contributed by atoms with Gasteiger partial charge >= 0.3 is 0 Å². The molecule has 0 unspecified atom stereocenters. The first-order chi connectivity index (χ1) is 10.2. The molecule has 21 heavy (non-hydrogen) atoms. The lowest BCUT2D eigenvalue weighted by molar-refractivity contribution is 0.340. The number of aryl methyl sites for hydroxylation is 2. The molecule has 1 N–H and O–H groups in total. The van der Waals surface area contributed by atoms with E-state index in [0.717, 1.165) is 33.3 Å². The van der Waals surface area contributed by atoms with Crippen molar-refractivity contribution in [3.8, 4) is 5.75 Å². The van der Waals surface area contributed by atoms with Crippen molar-refractivity contribution in [1.82, 2.24) is 9.97 Å². The van der Waals surface area contributed by atoms with Crippen LogP contribution in [0.15, 0.2) is 30.3 Å². The Labute approximate surface area is 127 Å². The van der Waals surface area contributed by atoms with Crippen LogP contribution >= 0.6 is 11.3 Å². The van der Waals surface area contributed by atoms with E-state index in [-0.39, 0.29) is 0 Å². The number of thiophene rings is 1. The average Bonchev–Trinajstić information content (AvgIpc) is 2.81. The number of ether oxygens (including phenoxy) is 1. The Morgan fingerprint density at radius 2 is 1.90 bits per heavy atom. The van der Waals surface area contributed by atoms with Gasteiger partial charge in [0.05, 0.1) is 12.0 Å². The maximum atomic E-state index is 5.45. The number of fused-ring (bicyclic) bond motifs is 1. The highest BCUT2D eigenvalue weighted by Crippen LogP contribution is 2.30. The van der Waals surface area contributed by atoms with E-state index in [0.29, 0.717) is 6.61 Å². The molecule has 0 aliphatic rings. The number of aromatic nitrogens is 2. The molecule has 0 bridgehead atoms. The number of anilines is 2. The Hall–Kier alpha value is -2.14. The number of nitrogens with zero attached hydrogens (tertiary/aromatic N) is 2. The van der Waals surface area contributed by atoms with Crippen LogP contribution in [0.5, 0.6) is 5.75 Å². The van der Waals surface area contributed by atoms with E-state index < -0.39 is 0 Å². The maximum absolute atomic E-state index is 5.45. The third kappa shape index (κ3) is 2.97. The average molecular weight is 299 g/mol. The molecule has 0 aliphatic heterocycles. The van der Waals surface area contributed by atoms with Gasteiger partial charge in [0.2, 0.25) is 0 Å². The summed E-state index contributed by atoms with van der Waals surface area (Å²) in [5.74, 6) is 2.50. The van der Waals surface area contributed by atoms with Crippen molar-refractivity contribution in [1.29, 1.82) is 0 Å². The van der Waals surface area contributed by atoms with Gasteiger partial charge in [0.25, 0.3) is 0 Å². The molecule has 0 atom stereocenters. The van der Waals surface area contributed by atoms with Crippen molar-refractivity contribution in [2.24, 2.45) is 0 Å². The van der Waals surface area contributed by atoms with E-state index in [1.807, 2.05) is 38.1 Å². The molecule has 0 radical (unpaired) electrons. The van der Waals surface area contributed by atoms with Crippen LogP contribution in [-0.4, -0.2) is 16.6 Å². The van der Waals surface area contributed by atoms with Crippen LogP contribution in [0.1, 0.15) is 17.6 Å². The quantitative estimate of drug-likeness (QED) is 0.773. The van der Waals surface area contributed by atoms with Crippen molar-refractivity contribution < 1.29 is 4.74 Å². The molecule has 0 saturated heterocycles. The molecule has 4 nitrogen and oxygen atoms in total. The first-order valence-electron chi connectivity index (χ1n) is 6.90. The lowest BCUT2D eigenvalue weighted by atomic mass is 10.3. The number of benzene rings is 1. The van der Waals surface area contributed by atoms with Gasteiger partial charge in [-0.05, 0) is 51.1 Å². The normalized spacial score (nSPS) is 10.8. The Balaban J connectivity index is 1.93. The zero-order valence-electron chi connectivity index (χ0n) is 12.3. The summed E-state index contributed by atoms with van der Waals surface area (Å²) in [6.45, 7) is 6.65. The summed E-state index contributed by atoms with van der Waals surface area (Å²) in [5, 5.41) is 4.44. The lowest BCUT2D eigenvalue weighted by Crippen LogP contribution is -1.98. The number of nitrogens with one attached hydrogen (secondary N) is 1. The van der Waals surface area contributed by atoms with Gasteiger partial charge in [0, 0.05) is 10.6 Å². The zero-order valence-corrected chi connectivity index (χ0v) is 13.1. The van der Waals surface area contributed by atoms with Gasteiger partial charge in [-0.3, -0.25) is 0 Å². The van der Waals surface area contributed by atoms with Crippen molar-refractivity contribution >= 4 is 33.1 Å². The second-order valence-corrected chi connectivity index (χ2v) is 6.01. The van der Waals surface area contributed by atoms with Gasteiger partial charge in [-0.25, -0.2) is 9.97 Å². The number of hydrogen-bond acceptors (Lipinski definition) is 5. The highest BCUT2D eigenvalue weighted by atomic mass is 32.1. The fourth-order valence-electron chi connectivity index (χ4n) is 2.18. The van der Waals surface area contributed by atoms with Gasteiger partial charge in [-0.15, -0.1) is 11.3 Å². The summed E-state index contributed by atoms with van der Waals surface area (Å²) in [5.41, 5.74) is 0.988. The first kappa shape index (κ1) is 13.8. The smallest absolute Gasteiger partial charge is 0.142 e. The Bertz CT molecular complexity index is 765. The van der Waals surface area contributed by atoms with E-state index in [1.54, 1.807) is 11.3 Å². The minimum absolute atomic E-state index is 0.673. The van der Waals surface area contributed by atoms with Crippen molar-refractivity contribution in [2.45, 2.75) is 20.8 Å². The molecule has 0 saturated carbocycles. The minimum Gasteiger partial charge on any atom is -0.494 e. The molecule has 0 amide bonds. The standard InChI is InChI=1S/C16H17N3OS/c1-4-20-13-7-5-12(6-8-13)19-15-14-9-10(2)21-16(14)18-11(3)17-15/h5-9H,4H2,1-3H3,(H,17,18,19). The minimum atomic E-state index is 0.673. The highest BCUT2D eigenvalue weighted by Gasteiger charge is 2.09. The molecule has 3 rings (SSSR count). The highest BCUT2D eigenvalue weighted by molar-refractivity contribution is 7.18. The van der Waals surface area contributed by atoms with Gasteiger partial charge in [-0.2, -0.15) is 0 Å². The fourth-order valence-corrected chi connectivity index (χ4v) is 3.11. The third-order valence-electron chi connectivity index (χ3n) is 3.06. The molecule has 0 fully saturated rings. The van der Waals surface area contributed by atoms with Crippen molar-refractivity contribution in [3.63, 3.8) is 0 Å². The summed E-state index contributed by atoms with van der Waals surface area (Å²) in [6, 6.07) is 10.0. The summed E-state index contributed by atoms with van der Waals surface area (Å²) < 4.78 is 5.45. The summed E-state index contributed by atoms with van der Waals surface area (Å²) in [4.78, 5) is 11.3. The van der Waals surface area contributed by atoms with Gasteiger partial charge in [0.1, 0.15) is 22.2 Å². The largest absolute Gasteiger partial charge is 0.494 e. The Morgan fingerprint density at radius 3 is 2.62 bits per heavy atom. The predicted molar refractivity (Wildman–Crippen MR) is 87.8 cm³/mol. The number of rotatable bonds is 4. The molecular weight excluding hydrogens is 282 g/mol. The first-order valence-corrected chi connectivity index (χ1v) is 7.72. The maximum Gasteiger partial charge on any atom is 0.142 e. The summed E-state index contributed by atoms with van der Waals surface area (Å²) in [6.07, 6.45) is 0. The Morgan fingerprint density at radius 1 is 1.14 bits per heavy atom. The zero-order chi connectivity index (χ0) is 14.8.